The molecule has 0 spiro atoms. The van der Waals surface area contributed by atoms with Crippen LogP contribution in [0, 0.1) is 0 Å². The van der Waals surface area contributed by atoms with E-state index in [4.69, 9.17) is 26.8 Å². The van der Waals surface area contributed by atoms with Gasteiger partial charge in [-0.05, 0) is 17.7 Å². The Bertz CT molecular complexity index is 353. The molecule has 1 aromatic carbocycles. The quantitative estimate of drug-likeness (QED) is 0.794. The maximum absolute atomic E-state index is 11.4. The number of ether oxygens (including phenoxy) is 2. The average Bonchev–Trinajstić information content (AvgIpc) is 2.28. The Labute approximate surface area is 99.3 Å². The van der Waals surface area contributed by atoms with Gasteiger partial charge >= 0.3 is 5.97 Å². The topological polar surface area (TPSA) is 61.5 Å². The first-order chi connectivity index (χ1) is 7.67. The van der Waals surface area contributed by atoms with Crippen LogP contribution < -0.4 is 5.73 Å². The Morgan fingerprint density at radius 2 is 2.31 bits per heavy atom. The van der Waals surface area contributed by atoms with Gasteiger partial charge < -0.3 is 15.2 Å². The molecule has 0 bridgehead atoms. The molecule has 4 nitrogen and oxygen atoms in total. The van der Waals surface area contributed by atoms with Gasteiger partial charge in [-0.15, -0.1) is 0 Å². The van der Waals surface area contributed by atoms with Crippen LogP contribution in [0.1, 0.15) is 5.56 Å². The summed E-state index contributed by atoms with van der Waals surface area (Å²) < 4.78 is 9.87. The lowest BCUT2D eigenvalue weighted by atomic mass is 10.2. The van der Waals surface area contributed by atoms with Crippen LogP contribution in [0.5, 0.6) is 0 Å². The number of esters is 1. The highest BCUT2D eigenvalue weighted by molar-refractivity contribution is 6.30. The van der Waals surface area contributed by atoms with E-state index in [2.05, 4.69) is 0 Å². The number of carbonyl (C=O) groups excluding carboxylic acids is 1. The molecule has 0 aliphatic rings. The Morgan fingerprint density at radius 3 is 2.88 bits per heavy atom. The second-order valence-electron chi connectivity index (χ2n) is 3.20. The van der Waals surface area contributed by atoms with Crippen LogP contribution in [0.3, 0.4) is 0 Å². The van der Waals surface area contributed by atoms with Crippen LogP contribution in [0.4, 0.5) is 0 Å². The van der Waals surface area contributed by atoms with Gasteiger partial charge in [-0.25, -0.2) is 4.79 Å². The normalized spacial score (nSPS) is 12.2. The number of hydrogen-bond donors (Lipinski definition) is 1. The average molecular weight is 244 g/mol. The van der Waals surface area contributed by atoms with Crippen LogP contribution in [-0.2, 0) is 20.9 Å². The van der Waals surface area contributed by atoms with Crippen molar-refractivity contribution >= 4 is 17.6 Å². The second kappa shape index (κ2) is 6.48. The van der Waals surface area contributed by atoms with Crippen molar-refractivity contribution in [2.24, 2.45) is 5.73 Å². The molecule has 5 heteroatoms. The number of methoxy groups -OCH3 is 1. The Morgan fingerprint density at radius 1 is 1.56 bits per heavy atom. The number of carbonyl (C=O) groups is 1. The van der Waals surface area contributed by atoms with E-state index in [0.29, 0.717) is 5.02 Å². The van der Waals surface area contributed by atoms with Crippen molar-refractivity contribution < 1.29 is 14.3 Å². The Hall–Kier alpha value is -1.10. The van der Waals surface area contributed by atoms with Gasteiger partial charge in [0.25, 0.3) is 0 Å². The number of hydrogen-bond acceptors (Lipinski definition) is 4. The molecule has 0 aliphatic heterocycles. The van der Waals surface area contributed by atoms with E-state index in [0.717, 1.165) is 5.56 Å². The monoisotopic (exact) mass is 243 g/mol. The van der Waals surface area contributed by atoms with E-state index in [-0.39, 0.29) is 13.2 Å². The van der Waals surface area contributed by atoms with Gasteiger partial charge in [0.1, 0.15) is 6.61 Å². The molecule has 0 heterocycles. The zero-order valence-electron chi connectivity index (χ0n) is 8.98. The summed E-state index contributed by atoms with van der Waals surface area (Å²) in [5.74, 6) is -0.468. The van der Waals surface area contributed by atoms with Gasteiger partial charge in [0.05, 0.1) is 0 Å². The highest BCUT2D eigenvalue weighted by atomic mass is 35.5. The van der Waals surface area contributed by atoms with Crippen molar-refractivity contribution in [1.82, 2.24) is 0 Å². The molecular weight excluding hydrogens is 230 g/mol. The maximum atomic E-state index is 11.4. The molecule has 2 N–H and O–H groups in total. The number of nitrogens with two attached hydrogens (primary N) is 1. The van der Waals surface area contributed by atoms with E-state index >= 15 is 0 Å². The van der Waals surface area contributed by atoms with Crippen LogP contribution in [-0.4, -0.2) is 25.7 Å². The largest absolute Gasteiger partial charge is 0.459 e. The molecule has 0 saturated heterocycles. The Balaban J connectivity index is 2.48. The predicted octanol–water partition coefficient (Wildman–Crippen LogP) is 1.36. The summed E-state index contributed by atoms with van der Waals surface area (Å²) in [6.45, 7) is 0.268. The SMILES string of the molecule is COC(CN)C(=O)OCc1cccc(Cl)c1. The molecule has 1 rings (SSSR count). The molecule has 0 amide bonds. The van der Waals surface area contributed by atoms with Gasteiger partial charge in [0.2, 0.25) is 0 Å². The minimum absolute atomic E-state index is 0.102. The molecule has 0 radical (unpaired) electrons. The van der Waals surface area contributed by atoms with Crippen LogP contribution in [0.25, 0.3) is 0 Å². The number of benzene rings is 1. The highest BCUT2D eigenvalue weighted by Gasteiger charge is 2.17. The molecule has 0 aliphatic carbocycles. The van der Waals surface area contributed by atoms with Gasteiger partial charge in [-0.2, -0.15) is 0 Å². The lowest BCUT2D eigenvalue weighted by molar-refractivity contribution is -0.156. The molecule has 1 unspecified atom stereocenters. The number of halogens is 1. The number of rotatable bonds is 5. The van der Waals surface area contributed by atoms with Crippen molar-refractivity contribution in [3.63, 3.8) is 0 Å². The van der Waals surface area contributed by atoms with Crippen LogP contribution in [0.15, 0.2) is 24.3 Å². The maximum Gasteiger partial charge on any atom is 0.336 e. The fourth-order valence-electron chi connectivity index (χ4n) is 1.16. The van der Waals surface area contributed by atoms with E-state index in [9.17, 15) is 4.79 Å². The molecule has 0 fully saturated rings. The predicted molar refractivity (Wildman–Crippen MR) is 61.1 cm³/mol. The van der Waals surface area contributed by atoms with Gasteiger partial charge in [-0.1, -0.05) is 23.7 Å². The smallest absolute Gasteiger partial charge is 0.336 e. The summed E-state index contributed by atoms with van der Waals surface area (Å²) in [4.78, 5) is 11.4. The third kappa shape index (κ3) is 3.81. The van der Waals surface area contributed by atoms with E-state index in [1.807, 2.05) is 6.07 Å². The van der Waals surface area contributed by atoms with Crippen molar-refractivity contribution in [1.29, 1.82) is 0 Å². The van der Waals surface area contributed by atoms with Crippen LogP contribution in [0.2, 0.25) is 5.02 Å². The van der Waals surface area contributed by atoms with E-state index < -0.39 is 12.1 Å². The summed E-state index contributed by atoms with van der Waals surface area (Å²) in [6, 6.07) is 7.11. The van der Waals surface area contributed by atoms with E-state index in [1.165, 1.54) is 7.11 Å². The Kier molecular flexibility index (Phi) is 5.25. The van der Waals surface area contributed by atoms with Gasteiger partial charge in [-0.3, -0.25) is 0 Å². The molecular formula is C11H14ClNO3. The molecule has 16 heavy (non-hydrogen) atoms. The first-order valence-electron chi connectivity index (χ1n) is 4.81. The van der Waals surface area contributed by atoms with Gasteiger partial charge in [0.15, 0.2) is 6.10 Å². The lowest BCUT2D eigenvalue weighted by Gasteiger charge is -2.12. The molecule has 1 atom stereocenters. The van der Waals surface area contributed by atoms with Crippen molar-refractivity contribution in [2.75, 3.05) is 13.7 Å². The third-order valence-electron chi connectivity index (χ3n) is 2.03. The zero-order valence-corrected chi connectivity index (χ0v) is 9.74. The third-order valence-corrected chi connectivity index (χ3v) is 2.27. The highest BCUT2D eigenvalue weighted by Crippen LogP contribution is 2.11. The first kappa shape index (κ1) is 13.0. The van der Waals surface area contributed by atoms with Crippen molar-refractivity contribution in [2.45, 2.75) is 12.7 Å². The molecule has 0 saturated carbocycles. The van der Waals surface area contributed by atoms with Crippen LogP contribution >= 0.6 is 11.6 Å². The fraction of sp³-hybridized carbons (Fsp3) is 0.364. The van der Waals surface area contributed by atoms with E-state index in [1.54, 1.807) is 18.2 Å². The summed E-state index contributed by atoms with van der Waals surface area (Å²) >= 11 is 5.79. The minimum atomic E-state index is -0.709. The second-order valence-corrected chi connectivity index (χ2v) is 3.63. The summed E-state index contributed by atoms with van der Waals surface area (Å²) in [5, 5.41) is 0.607. The molecule has 0 aromatic heterocycles. The minimum Gasteiger partial charge on any atom is -0.459 e. The summed E-state index contributed by atoms with van der Waals surface area (Å²) in [7, 11) is 1.41. The first-order valence-corrected chi connectivity index (χ1v) is 5.19. The molecule has 1 aromatic rings. The molecule has 88 valence electrons. The fourth-order valence-corrected chi connectivity index (χ4v) is 1.38. The van der Waals surface area contributed by atoms with Gasteiger partial charge in [0, 0.05) is 18.7 Å². The summed E-state index contributed by atoms with van der Waals surface area (Å²) in [6.07, 6.45) is -0.709. The van der Waals surface area contributed by atoms with Crippen molar-refractivity contribution in [3.8, 4) is 0 Å². The van der Waals surface area contributed by atoms with Crippen molar-refractivity contribution in [3.05, 3.63) is 34.9 Å². The summed E-state index contributed by atoms with van der Waals surface area (Å²) in [5.41, 5.74) is 6.16. The lowest BCUT2D eigenvalue weighted by Crippen LogP contribution is -2.32. The standard InChI is InChI=1S/C11H14ClNO3/c1-15-10(6-13)11(14)16-7-8-3-2-4-9(12)5-8/h2-5,10H,6-7,13H2,1H3. The zero-order chi connectivity index (χ0) is 12.0.